The molecule has 4 aliphatic rings. The molecule has 0 nitrogen and oxygen atoms in total. The fourth-order valence-corrected chi connectivity index (χ4v) is 16.1. The Labute approximate surface area is 183 Å². The minimum atomic E-state index is -1.42. The minimum absolute atomic E-state index is 0.903. The zero-order chi connectivity index (χ0) is 20.8. The molecule has 0 radical (unpaired) electrons. The zero-order valence-electron chi connectivity index (χ0n) is 20.2. The average Bonchev–Trinajstić information content (AvgIpc) is 3.15. The van der Waals surface area contributed by atoms with E-state index < -0.39 is 8.07 Å². The van der Waals surface area contributed by atoms with Gasteiger partial charge in [-0.25, -0.2) is 0 Å². The Morgan fingerprint density at radius 3 is 1.52 bits per heavy atom. The summed E-state index contributed by atoms with van der Waals surface area (Å²) in [6.45, 7) is 15.9. The highest BCUT2D eigenvalue weighted by Crippen LogP contribution is 2.66. The Morgan fingerprint density at radius 2 is 1.14 bits per heavy atom. The molecule has 0 amide bonds. The summed E-state index contributed by atoms with van der Waals surface area (Å²) in [6.07, 6.45) is 21.9. The van der Waals surface area contributed by atoms with Crippen molar-refractivity contribution in [3.8, 4) is 0 Å². The van der Waals surface area contributed by atoms with Gasteiger partial charge >= 0.3 is 0 Å². The second-order valence-electron chi connectivity index (χ2n) is 12.0. The molecule has 1 heteroatoms. The Bertz CT molecular complexity index is 564. The summed E-state index contributed by atoms with van der Waals surface area (Å²) in [5, 5.41) is 0. The molecule has 29 heavy (non-hydrogen) atoms. The maximum Gasteiger partial charge on any atom is 0.0553 e. The molecule has 164 valence electrons. The Balaban J connectivity index is 1.69. The van der Waals surface area contributed by atoms with E-state index in [4.69, 9.17) is 0 Å². The smallest absolute Gasteiger partial charge is 0.0553 e. The van der Waals surface area contributed by atoms with Crippen molar-refractivity contribution in [1.82, 2.24) is 0 Å². The van der Waals surface area contributed by atoms with Gasteiger partial charge < -0.3 is 0 Å². The molecule has 0 aromatic rings. The van der Waals surface area contributed by atoms with Gasteiger partial charge in [-0.2, -0.15) is 0 Å². The van der Waals surface area contributed by atoms with Crippen LogP contribution in [0, 0.1) is 47.3 Å². The van der Waals surface area contributed by atoms with Crippen molar-refractivity contribution >= 4 is 8.07 Å². The van der Waals surface area contributed by atoms with Gasteiger partial charge in [-0.15, -0.1) is 0 Å². The van der Waals surface area contributed by atoms with Gasteiger partial charge in [0.2, 0.25) is 0 Å². The molecule has 0 aromatic heterocycles. The monoisotopic (exact) mass is 412 g/mol. The first-order valence-electron chi connectivity index (χ1n) is 13.3. The fourth-order valence-electron chi connectivity index (χ4n) is 9.73. The van der Waals surface area contributed by atoms with Crippen LogP contribution in [0.15, 0.2) is 24.3 Å². The van der Waals surface area contributed by atoms with E-state index in [1.807, 2.05) is 0 Å². The van der Waals surface area contributed by atoms with E-state index in [9.17, 15) is 0 Å². The molecule has 0 aromatic carbocycles. The summed E-state index contributed by atoms with van der Waals surface area (Å²) >= 11 is 0. The van der Waals surface area contributed by atoms with Crippen molar-refractivity contribution in [3.05, 3.63) is 24.3 Å². The van der Waals surface area contributed by atoms with Crippen LogP contribution in [0.4, 0.5) is 0 Å². The first-order chi connectivity index (χ1) is 13.9. The third-order valence-corrected chi connectivity index (χ3v) is 15.7. The van der Waals surface area contributed by atoms with Crippen molar-refractivity contribution in [2.45, 2.75) is 103 Å². The molecule has 0 bridgehead atoms. The number of fused-ring (bicyclic) bond motifs is 2. The fraction of sp³-hybridized carbons (Fsp3) is 0.857. The Morgan fingerprint density at radius 1 is 0.724 bits per heavy atom. The lowest BCUT2D eigenvalue weighted by Crippen LogP contribution is -2.46. The van der Waals surface area contributed by atoms with E-state index in [2.05, 4.69) is 65.1 Å². The van der Waals surface area contributed by atoms with E-state index in [-0.39, 0.29) is 0 Å². The van der Waals surface area contributed by atoms with E-state index in [1.165, 1.54) is 51.4 Å². The first kappa shape index (κ1) is 21.9. The summed E-state index contributed by atoms with van der Waals surface area (Å²) < 4.78 is 0. The highest BCUT2D eigenvalue weighted by atomic mass is 28.3. The van der Waals surface area contributed by atoms with Gasteiger partial charge in [0, 0.05) is 0 Å². The summed E-state index contributed by atoms with van der Waals surface area (Å²) in [7, 11) is -1.42. The highest BCUT2D eigenvalue weighted by molar-refractivity contribution is 6.80. The van der Waals surface area contributed by atoms with E-state index in [1.54, 1.807) is 0 Å². The molecule has 10 unspecified atom stereocenters. The Hall–Kier alpha value is -0.303. The molecular weight excluding hydrogens is 364 g/mol. The van der Waals surface area contributed by atoms with Crippen molar-refractivity contribution in [2.75, 3.05) is 0 Å². The van der Waals surface area contributed by atoms with Gasteiger partial charge in [0.05, 0.1) is 8.07 Å². The van der Waals surface area contributed by atoms with Gasteiger partial charge in [-0.05, 0) is 84.1 Å². The van der Waals surface area contributed by atoms with Crippen molar-refractivity contribution < 1.29 is 0 Å². The summed E-state index contributed by atoms with van der Waals surface area (Å²) in [6, 6.07) is 0. The predicted octanol–water partition coefficient (Wildman–Crippen LogP) is 8.73. The molecule has 4 rings (SSSR count). The van der Waals surface area contributed by atoms with Crippen molar-refractivity contribution in [3.63, 3.8) is 0 Å². The third kappa shape index (κ3) is 3.56. The van der Waals surface area contributed by atoms with E-state index >= 15 is 0 Å². The summed E-state index contributed by atoms with van der Waals surface area (Å²) in [5.74, 6) is 7.66. The zero-order valence-corrected chi connectivity index (χ0v) is 21.2. The van der Waals surface area contributed by atoms with Crippen LogP contribution in [-0.2, 0) is 0 Å². The minimum Gasteiger partial charge on any atom is -0.0882 e. The quantitative estimate of drug-likeness (QED) is 0.302. The van der Waals surface area contributed by atoms with Crippen molar-refractivity contribution in [1.29, 1.82) is 0 Å². The summed E-state index contributed by atoms with van der Waals surface area (Å²) in [4.78, 5) is 0. The summed E-state index contributed by atoms with van der Waals surface area (Å²) in [5.41, 5.74) is 2.01. The van der Waals surface area contributed by atoms with Crippen LogP contribution in [0.5, 0.6) is 0 Å². The molecule has 4 aliphatic carbocycles. The highest BCUT2D eigenvalue weighted by Gasteiger charge is 2.60. The number of rotatable bonds is 6. The number of allylic oxidation sites excluding steroid dienone is 4. The van der Waals surface area contributed by atoms with Gasteiger partial charge in [-0.1, -0.05) is 90.8 Å². The lowest BCUT2D eigenvalue weighted by Gasteiger charge is -2.46. The molecule has 10 atom stereocenters. The maximum atomic E-state index is 2.84. The van der Waals surface area contributed by atoms with Crippen molar-refractivity contribution in [2.24, 2.45) is 47.3 Å². The third-order valence-electron chi connectivity index (χ3n) is 10.4. The van der Waals surface area contributed by atoms with Crippen LogP contribution in [0.2, 0.25) is 24.2 Å². The van der Waals surface area contributed by atoms with Crippen LogP contribution >= 0.6 is 0 Å². The number of hydrogen-bond donors (Lipinski definition) is 0. The lowest BCUT2D eigenvalue weighted by atomic mass is 9.79. The topological polar surface area (TPSA) is 0 Å². The van der Waals surface area contributed by atoms with Gasteiger partial charge in [0.25, 0.3) is 0 Å². The van der Waals surface area contributed by atoms with E-state index in [0.717, 1.165) is 58.4 Å². The van der Waals surface area contributed by atoms with Crippen LogP contribution in [-0.4, -0.2) is 8.07 Å². The largest absolute Gasteiger partial charge is 0.0882 e. The molecule has 0 spiro atoms. The Kier molecular flexibility index (Phi) is 6.56. The SMILES string of the molecule is CCCC1C(C)C([Si](C)(C)C2C(C)C(CCC)C3CCC=CC32)C2C=CCCC21. The molecule has 0 heterocycles. The molecular formula is C28H48Si. The standard InChI is InChI=1S/C28H48Si/c1-7-13-21-19(3)27(25-17-11-9-15-23(21)25)29(5,6)28-20(4)22(14-8-2)24-16-10-12-18-26(24)28/h11-12,17-28H,7-10,13-16H2,1-6H3. The maximum absolute atomic E-state index is 2.84. The van der Waals surface area contributed by atoms with E-state index in [0.29, 0.717) is 0 Å². The van der Waals surface area contributed by atoms with Crippen LogP contribution in [0.25, 0.3) is 0 Å². The average molecular weight is 413 g/mol. The molecule has 2 saturated carbocycles. The second-order valence-corrected chi connectivity index (χ2v) is 17.0. The lowest BCUT2D eigenvalue weighted by molar-refractivity contribution is 0.268. The second kappa shape index (κ2) is 8.68. The predicted molar refractivity (Wildman–Crippen MR) is 131 cm³/mol. The molecule has 0 aliphatic heterocycles. The van der Waals surface area contributed by atoms with Gasteiger partial charge in [0.15, 0.2) is 0 Å². The molecule has 0 N–H and O–H groups in total. The van der Waals surface area contributed by atoms with Gasteiger partial charge in [-0.3, -0.25) is 0 Å². The van der Waals surface area contributed by atoms with Crippen LogP contribution < -0.4 is 0 Å². The first-order valence-corrected chi connectivity index (χ1v) is 16.4. The molecule has 0 saturated heterocycles. The van der Waals surface area contributed by atoms with Crippen LogP contribution in [0.1, 0.15) is 79.1 Å². The number of hydrogen-bond acceptors (Lipinski definition) is 0. The van der Waals surface area contributed by atoms with Crippen LogP contribution in [0.3, 0.4) is 0 Å². The molecule has 2 fully saturated rings. The van der Waals surface area contributed by atoms with Gasteiger partial charge in [0.1, 0.15) is 0 Å². The normalized spacial score (nSPS) is 46.7.